The fourth-order valence-electron chi connectivity index (χ4n) is 4.31. The van der Waals surface area contributed by atoms with Gasteiger partial charge in [0, 0.05) is 5.41 Å². The number of hydrogen-bond acceptors (Lipinski definition) is 1. The molecule has 1 aromatic carbocycles. The molecular formula is C18H26O. The summed E-state index contributed by atoms with van der Waals surface area (Å²) in [5.74, 6) is 2.66. The molecule has 1 nitrogen and oxygen atoms in total. The number of hydrogen-bond donors (Lipinski definition) is 1. The van der Waals surface area contributed by atoms with Gasteiger partial charge in [-0.15, -0.1) is 0 Å². The monoisotopic (exact) mass is 258 g/mol. The lowest BCUT2D eigenvalue weighted by molar-refractivity contribution is 0.0637. The Morgan fingerprint density at radius 2 is 1.89 bits per heavy atom. The largest absolute Gasteiger partial charge is 0.392 e. The van der Waals surface area contributed by atoms with Crippen LogP contribution in [0.25, 0.3) is 0 Å². The van der Waals surface area contributed by atoms with Crippen LogP contribution in [0.1, 0.15) is 51.5 Å². The third kappa shape index (κ3) is 2.45. The van der Waals surface area contributed by atoms with Gasteiger partial charge in [-0.05, 0) is 49.0 Å². The van der Waals surface area contributed by atoms with Crippen LogP contribution in [-0.2, 0) is 5.41 Å². The lowest BCUT2D eigenvalue weighted by Gasteiger charge is -2.34. The highest BCUT2D eigenvalue weighted by atomic mass is 16.3. The minimum atomic E-state index is -0.223. The van der Waals surface area contributed by atoms with Crippen molar-refractivity contribution in [1.29, 1.82) is 0 Å². The molecule has 0 heterocycles. The van der Waals surface area contributed by atoms with Crippen LogP contribution in [0.15, 0.2) is 30.3 Å². The van der Waals surface area contributed by atoms with Crippen LogP contribution in [-0.4, -0.2) is 11.2 Å². The number of benzene rings is 1. The van der Waals surface area contributed by atoms with Crippen molar-refractivity contribution >= 4 is 0 Å². The molecule has 2 fully saturated rings. The summed E-state index contributed by atoms with van der Waals surface area (Å²) in [5, 5.41) is 10.7. The Morgan fingerprint density at radius 1 is 1.16 bits per heavy atom. The molecule has 4 atom stereocenters. The lowest BCUT2D eigenvalue weighted by Crippen LogP contribution is -2.36. The minimum Gasteiger partial charge on any atom is -0.392 e. The normalized spacial score (nSPS) is 31.6. The molecule has 0 radical (unpaired) electrons. The van der Waals surface area contributed by atoms with E-state index in [4.69, 9.17) is 0 Å². The van der Waals surface area contributed by atoms with E-state index in [9.17, 15) is 5.11 Å². The van der Waals surface area contributed by atoms with Gasteiger partial charge in [-0.3, -0.25) is 0 Å². The van der Waals surface area contributed by atoms with Crippen molar-refractivity contribution in [2.45, 2.75) is 57.5 Å². The van der Waals surface area contributed by atoms with Gasteiger partial charge in [-0.1, -0.05) is 50.6 Å². The number of aliphatic hydroxyl groups excluding tert-OH is 1. The van der Waals surface area contributed by atoms with Crippen LogP contribution in [0.2, 0.25) is 0 Å². The fourth-order valence-corrected chi connectivity index (χ4v) is 4.31. The molecule has 2 bridgehead atoms. The van der Waals surface area contributed by atoms with Gasteiger partial charge in [0.05, 0.1) is 6.10 Å². The molecule has 1 aromatic rings. The number of rotatable bonds is 4. The molecule has 2 saturated carbocycles. The van der Waals surface area contributed by atoms with Crippen LogP contribution in [0.5, 0.6) is 0 Å². The second-order valence-corrected chi connectivity index (χ2v) is 7.27. The zero-order valence-electron chi connectivity index (χ0n) is 12.2. The molecule has 2 aliphatic rings. The number of aliphatic hydroxyl groups is 1. The summed E-state index contributed by atoms with van der Waals surface area (Å²) in [5.41, 5.74) is 1.12. The third-order valence-corrected chi connectivity index (χ3v) is 5.76. The topological polar surface area (TPSA) is 20.2 Å². The van der Waals surface area contributed by atoms with Crippen molar-refractivity contribution in [2.24, 2.45) is 17.8 Å². The maximum atomic E-state index is 10.7. The van der Waals surface area contributed by atoms with Crippen LogP contribution in [0.4, 0.5) is 0 Å². The summed E-state index contributed by atoms with van der Waals surface area (Å²) in [6, 6.07) is 10.5. The second kappa shape index (κ2) is 4.94. The predicted octanol–water partition coefficient (Wildman–Crippen LogP) is 4.15. The van der Waals surface area contributed by atoms with E-state index in [0.29, 0.717) is 0 Å². The summed E-state index contributed by atoms with van der Waals surface area (Å²) in [7, 11) is 0. The lowest BCUT2D eigenvalue weighted by atomic mass is 9.74. The molecule has 4 unspecified atom stereocenters. The van der Waals surface area contributed by atoms with Gasteiger partial charge in [-0.25, -0.2) is 0 Å². The SMILES string of the molecule is CC(C)(c1ccccc1)C(O)CC1CC2CCC1C2. The molecule has 0 saturated heterocycles. The van der Waals surface area contributed by atoms with Crippen molar-refractivity contribution in [2.75, 3.05) is 0 Å². The van der Waals surface area contributed by atoms with Crippen LogP contribution in [0.3, 0.4) is 0 Å². The molecule has 104 valence electrons. The van der Waals surface area contributed by atoms with E-state index in [0.717, 1.165) is 24.2 Å². The van der Waals surface area contributed by atoms with E-state index in [-0.39, 0.29) is 11.5 Å². The number of fused-ring (bicyclic) bond motifs is 2. The molecule has 0 amide bonds. The van der Waals surface area contributed by atoms with E-state index in [1.807, 2.05) is 6.07 Å². The molecule has 0 aromatic heterocycles. The average Bonchev–Trinajstić information content (AvgIpc) is 3.02. The zero-order chi connectivity index (χ0) is 13.5. The molecule has 0 aliphatic heterocycles. The third-order valence-electron chi connectivity index (χ3n) is 5.76. The van der Waals surface area contributed by atoms with Gasteiger partial charge < -0.3 is 5.11 Å². The molecule has 1 N–H and O–H groups in total. The van der Waals surface area contributed by atoms with Gasteiger partial charge in [0.15, 0.2) is 0 Å². The molecule has 3 rings (SSSR count). The molecule has 1 heteroatoms. The van der Waals surface area contributed by atoms with E-state index in [1.54, 1.807) is 0 Å². The van der Waals surface area contributed by atoms with Crippen molar-refractivity contribution in [1.82, 2.24) is 0 Å². The zero-order valence-corrected chi connectivity index (χ0v) is 12.2. The van der Waals surface area contributed by atoms with Crippen LogP contribution in [0, 0.1) is 17.8 Å². The highest BCUT2D eigenvalue weighted by Gasteiger charge is 2.42. The Labute approximate surface area is 117 Å². The first-order chi connectivity index (χ1) is 9.07. The van der Waals surface area contributed by atoms with E-state index >= 15 is 0 Å². The smallest absolute Gasteiger partial charge is 0.0634 e. The van der Waals surface area contributed by atoms with E-state index < -0.39 is 0 Å². The fraction of sp³-hybridized carbons (Fsp3) is 0.667. The summed E-state index contributed by atoms with van der Waals surface area (Å²) < 4.78 is 0. The molecular weight excluding hydrogens is 232 g/mol. The van der Waals surface area contributed by atoms with Crippen molar-refractivity contribution in [3.63, 3.8) is 0 Å². The highest BCUT2D eigenvalue weighted by molar-refractivity contribution is 5.25. The summed E-state index contributed by atoms with van der Waals surface area (Å²) in [6.45, 7) is 4.36. The van der Waals surface area contributed by atoms with Crippen LogP contribution >= 0.6 is 0 Å². The summed E-state index contributed by atoms with van der Waals surface area (Å²) in [4.78, 5) is 0. The minimum absolute atomic E-state index is 0.136. The Hall–Kier alpha value is -0.820. The van der Waals surface area contributed by atoms with E-state index in [2.05, 4.69) is 38.1 Å². The first-order valence-electron chi connectivity index (χ1n) is 7.81. The van der Waals surface area contributed by atoms with Crippen molar-refractivity contribution in [3.05, 3.63) is 35.9 Å². The van der Waals surface area contributed by atoms with Gasteiger partial charge in [-0.2, -0.15) is 0 Å². The van der Waals surface area contributed by atoms with Crippen molar-refractivity contribution < 1.29 is 5.11 Å². The maximum absolute atomic E-state index is 10.7. The molecule has 2 aliphatic carbocycles. The summed E-state index contributed by atoms with van der Waals surface area (Å²) >= 11 is 0. The standard InChI is InChI=1S/C18H26O/c1-18(2,16-6-4-3-5-7-16)17(19)12-15-11-13-8-9-14(15)10-13/h3-7,13-15,17,19H,8-12H2,1-2H3. The predicted molar refractivity (Wildman–Crippen MR) is 79.0 cm³/mol. The first kappa shape index (κ1) is 13.2. The van der Waals surface area contributed by atoms with Crippen LogP contribution < -0.4 is 0 Å². The van der Waals surface area contributed by atoms with Crippen molar-refractivity contribution in [3.8, 4) is 0 Å². The van der Waals surface area contributed by atoms with Gasteiger partial charge in [0.2, 0.25) is 0 Å². The highest BCUT2D eigenvalue weighted by Crippen LogP contribution is 2.50. The van der Waals surface area contributed by atoms with E-state index in [1.165, 1.54) is 31.2 Å². The van der Waals surface area contributed by atoms with Gasteiger partial charge in [0.1, 0.15) is 0 Å². The van der Waals surface area contributed by atoms with Gasteiger partial charge >= 0.3 is 0 Å². The second-order valence-electron chi connectivity index (χ2n) is 7.27. The summed E-state index contributed by atoms with van der Waals surface area (Å²) in [6.07, 6.45) is 6.42. The maximum Gasteiger partial charge on any atom is 0.0634 e. The first-order valence-corrected chi connectivity index (χ1v) is 7.81. The Bertz CT molecular complexity index is 423. The average molecular weight is 258 g/mol. The Morgan fingerprint density at radius 3 is 2.47 bits per heavy atom. The van der Waals surface area contributed by atoms with Gasteiger partial charge in [0.25, 0.3) is 0 Å². The Kier molecular flexibility index (Phi) is 3.42. The molecule has 19 heavy (non-hydrogen) atoms. The molecule has 0 spiro atoms. The quantitative estimate of drug-likeness (QED) is 0.860. The Balaban J connectivity index is 1.68.